The number of nitrogens with zero attached hydrogens (tertiary/aromatic N) is 4. The first kappa shape index (κ1) is 23.7. The fraction of sp³-hybridized carbons (Fsp3) is 0.172. The van der Waals surface area contributed by atoms with Crippen molar-refractivity contribution in [2.45, 2.75) is 12.8 Å². The molecule has 0 aliphatic heterocycles. The number of pyridine rings is 1. The molecule has 8 nitrogen and oxygen atoms in total. The normalized spacial score (nSPS) is 13.7. The van der Waals surface area contributed by atoms with Crippen molar-refractivity contribution in [1.82, 2.24) is 35.4 Å². The summed E-state index contributed by atoms with van der Waals surface area (Å²) in [7, 11) is 3.75. The number of halogens is 1. The van der Waals surface area contributed by atoms with Crippen molar-refractivity contribution >= 4 is 33.4 Å². The summed E-state index contributed by atoms with van der Waals surface area (Å²) in [4.78, 5) is 26.8. The molecule has 1 aliphatic carbocycles. The van der Waals surface area contributed by atoms with E-state index in [0.29, 0.717) is 29.3 Å². The highest BCUT2D eigenvalue weighted by molar-refractivity contribution is 5.97. The third kappa shape index (κ3) is 4.59. The van der Waals surface area contributed by atoms with Crippen LogP contribution in [0.15, 0.2) is 72.6 Å². The van der Waals surface area contributed by atoms with E-state index in [2.05, 4.69) is 37.6 Å². The predicted octanol–water partition coefficient (Wildman–Crippen LogP) is 5.05. The van der Waals surface area contributed by atoms with Gasteiger partial charge >= 0.3 is 0 Å². The number of allylic oxidation sites excluding steroid dienone is 4. The fourth-order valence-corrected chi connectivity index (χ4v) is 4.75. The van der Waals surface area contributed by atoms with Crippen LogP contribution in [0.4, 0.5) is 4.39 Å². The molecule has 6 rings (SSSR count). The zero-order valence-electron chi connectivity index (χ0n) is 21.0. The lowest BCUT2D eigenvalue weighted by Crippen LogP contribution is -2.33. The second-order valence-corrected chi connectivity index (χ2v) is 9.63. The molecule has 3 aromatic heterocycles. The highest BCUT2D eigenvalue weighted by Gasteiger charge is 2.17. The van der Waals surface area contributed by atoms with E-state index in [0.717, 1.165) is 51.7 Å². The molecule has 190 valence electrons. The Labute approximate surface area is 218 Å². The van der Waals surface area contributed by atoms with Crippen LogP contribution in [-0.2, 0) is 4.79 Å². The summed E-state index contributed by atoms with van der Waals surface area (Å²) in [6.45, 7) is 0.344. The van der Waals surface area contributed by atoms with Gasteiger partial charge in [0, 0.05) is 22.8 Å². The van der Waals surface area contributed by atoms with Crippen molar-refractivity contribution in [1.29, 1.82) is 0 Å². The Bertz CT molecular complexity index is 1730. The molecule has 0 atom stereocenters. The number of imidazole rings is 1. The van der Waals surface area contributed by atoms with Crippen molar-refractivity contribution in [3.63, 3.8) is 0 Å². The van der Waals surface area contributed by atoms with Gasteiger partial charge in [-0.3, -0.25) is 14.9 Å². The maximum atomic E-state index is 13.5. The predicted molar refractivity (Wildman–Crippen MR) is 146 cm³/mol. The van der Waals surface area contributed by atoms with Crippen molar-refractivity contribution in [3.8, 4) is 22.8 Å². The number of rotatable bonds is 6. The van der Waals surface area contributed by atoms with Crippen LogP contribution in [0.3, 0.4) is 0 Å². The van der Waals surface area contributed by atoms with Gasteiger partial charge in [-0.05, 0) is 86.6 Å². The maximum Gasteiger partial charge on any atom is 0.238 e. The fourth-order valence-electron chi connectivity index (χ4n) is 4.75. The minimum absolute atomic E-state index is 0.0190. The minimum atomic E-state index is -0.298. The SMILES string of the molecule is CN(C)CC(=O)NC1=CC(c2ccc3[nH]nc(-c4nc5c(-c6ccc(F)cc6)nccc5[nH]4)c3c2)=CCC1. The smallest absolute Gasteiger partial charge is 0.238 e. The number of nitrogens with one attached hydrogen (secondary N) is 3. The van der Waals surface area contributed by atoms with Gasteiger partial charge in [0.2, 0.25) is 5.91 Å². The average molecular weight is 508 g/mol. The number of hydrogen-bond acceptors (Lipinski definition) is 5. The molecule has 0 radical (unpaired) electrons. The summed E-state index contributed by atoms with van der Waals surface area (Å²) in [6, 6.07) is 14.2. The van der Waals surface area contributed by atoms with Gasteiger partial charge < -0.3 is 15.2 Å². The summed E-state index contributed by atoms with van der Waals surface area (Å²) in [5, 5.41) is 11.6. The van der Waals surface area contributed by atoms with E-state index < -0.39 is 0 Å². The highest BCUT2D eigenvalue weighted by atomic mass is 19.1. The zero-order chi connectivity index (χ0) is 26.2. The topological polar surface area (TPSA) is 103 Å². The van der Waals surface area contributed by atoms with E-state index in [9.17, 15) is 9.18 Å². The van der Waals surface area contributed by atoms with Crippen LogP contribution in [0.2, 0.25) is 0 Å². The molecule has 5 aromatic rings. The van der Waals surface area contributed by atoms with Crippen molar-refractivity contribution in [2.75, 3.05) is 20.6 Å². The number of fused-ring (bicyclic) bond motifs is 2. The Hall–Kier alpha value is -4.63. The quantitative estimate of drug-likeness (QED) is 0.299. The number of hydrogen-bond donors (Lipinski definition) is 3. The molecular formula is C29H26FN7O. The Kier molecular flexibility index (Phi) is 6.05. The van der Waals surface area contributed by atoms with Crippen LogP contribution in [0.25, 0.3) is 50.3 Å². The van der Waals surface area contributed by atoms with E-state index in [1.807, 2.05) is 43.3 Å². The molecule has 0 fully saturated rings. The number of H-pyrrole nitrogens is 2. The number of carbonyl (C=O) groups excluding carboxylic acids is 1. The Morgan fingerprint density at radius 2 is 1.87 bits per heavy atom. The lowest BCUT2D eigenvalue weighted by atomic mass is 9.96. The lowest BCUT2D eigenvalue weighted by Gasteiger charge is -2.17. The first-order valence-electron chi connectivity index (χ1n) is 12.4. The van der Waals surface area contributed by atoms with Gasteiger partial charge in [-0.2, -0.15) is 5.10 Å². The van der Waals surface area contributed by atoms with Crippen LogP contribution in [0.5, 0.6) is 0 Å². The molecule has 38 heavy (non-hydrogen) atoms. The number of aromatic amines is 2. The van der Waals surface area contributed by atoms with Gasteiger partial charge in [0.15, 0.2) is 5.82 Å². The molecular weight excluding hydrogens is 481 g/mol. The number of benzene rings is 2. The monoisotopic (exact) mass is 507 g/mol. The second-order valence-electron chi connectivity index (χ2n) is 9.63. The number of carbonyl (C=O) groups is 1. The molecule has 0 bridgehead atoms. The first-order valence-corrected chi connectivity index (χ1v) is 12.4. The van der Waals surface area contributed by atoms with Gasteiger partial charge in [-0.1, -0.05) is 12.1 Å². The van der Waals surface area contributed by atoms with Crippen molar-refractivity contribution in [2.24, 2.45) is 0 Å². The maximum absolute atomic E-state index is 13.5. The zero-order valence-corrected chi connectivity index (χ0v) is 21.0. The van der Waals surface area contributed by atoms with Crippen molar-refractivity contribution < 1.29 is 9.18 Å². The average Bonchev–Trinajstić information content (AvgIpc) is 3.52. The van der Waals surface area contributed by atoms with Crippen LogP contribution in [0.1, 0.15) is 18.4 Å². The third-order valence-electron chi connectivity index (χ3n) is 6.51. The molecule has 3 N–H and O–H groups in total. The van der Waals surface area contributed by atoms with Crippen LogP contribution in [-0.4, -0.2) is 56.6 Å². The molecule has 3 heterocycles. The molecule has 0 saturated heterocycles. The Balaban J connectivity index is 1.35. The van der Waals surface area contributed by atoms with Crippen LogP contribution >= 0.6 is 0 Å². The van der Waals surface area contributed by atoms with Gasteiger partial charge in [0.05, 0.1) is 23.3 Å². The van der Waals surface area contributed by atoms with E-state index >= 15 is 0 Å². The van der Waals surface area contributed by atoms with Crippen molar-refractivity contribution in [3.05, 3.63) is 84.0 Å². The molecule has 0 unspecified atom stereocenters. The molecule has 1 aliphatic rings. The van der Waals surface area contributed by atoms with Crippen LogP contribution in [0, 0.1) is 5.82 Å². The largest absolute Gasteiger partial charge is 0.336 e. The standard InChI is InChI=1S/C29H26FN7O/c1-37(2)16-25(38)32-21-5-3-4-18(14-21)19-8-11-23-22(15-19)27(36-35-23)29-33-24-12-13-31-26(28(24)34-29)17-6-9-20(30)10-7-17/h4,6-15H,3,5,16H2,1-2H3,(H,32,38)(H,33,34)(H,35,36). The Morgan fingerprint density at radius 1 is 1.05 bits per heavy atom. The summed E-state index contributed by atoms with van der Waals surface area (Å²) in [6.07, 6.45) is 7.58. The highest BCUT2D eigenvalue weighted by Crippen LogP contribution is 2.33. The molecule has 0 saturated carbocycles. The first-order chi connectivity index (χ1) is 18.4. The summed E-state index contributed by atoms with van der Waals surface area (Å²) < 4.78 is 13.5. The summed E-state index contributed by atoms with van der Waals surface area (Å²) in [5.41, 5.74) is 7.56. The minimum Gasteiger partial charge on any atom is -0.336 e. The molecule has 9 heteroatoms. The van der Waals surface area contributed by atoms with E-state index in [-0.39, 0.29) is 11.7 Å². The summed E-state index contributed by atoms with van der Waals surface area (Å²) >= 11 is 0. The van der Waals surface area contributed by atoms with Gasteiger partial charge in [-0.15, -0.1) is 0 Å². The van der Waals surface area contributed by atoms with E-state index in [1.165, 1.54) is 12.1 Å². The van der Waals surface area contributed by atoms with Gasteiger partial charge in [0.1, 0.15) is 17.0 Å². The Morgan fingerprint density at radius 3 is 2.68 bits per heavy atom. The number of amides is 1. The molecule has 0 spiro atoms. The van der Waals surface area contributed by atoms with Gasteiger partial charge in [-0.25, -0.2) is 9.37 Å². The summed E-state index contributed by atoms with van der Waals surface area (Å²) in [5.74, 6) is 0.299. The number of likely N-dealkylation sites (N-methyl/N-ethyl adjacent to an activating group) is 1. The molecule has 1 amide bonds. The van der Waals surface area contributed by atoms with E-state index in [4.69, 9.17) is 4.98 Å². The van der Waals surface area contributed by atoms with Gasteiger partial charge in [0.25, 0.3) is 0 Å². The van der Waals surface area contributed by atoms with E-state index in [1.54, 1.807) is 18.3 Å². The lowest BCUT2D eigenvalue weighted by molar-refractivity contribution is -0.121. The molecule has 2 aromatic carbocycles. The third-order valence-corrected chi connectivity index (χ3v) is 6.51. The second kappa shape index (κ2) is 9.68. The number of aromatic nitrogens is 5. The van der Waals surface area contributed by atoms with Crippen LogP contribution < -0.4 is 5.32 Å².